The van der Waals surface area contributed by atoms with Gasteiger partial charge in [0.25, 0.3) is 0 Å². The van der Waals surface area contributed by atoms with Crippen LogP contribution in [0.25, 0.3) is 0 Å². The Morgan fingerprint density at radius 2 is 1.55 bits per heavy atom. The molecule has 0 aromatic heterocycles. The Labute approximate surface area is 148 Å². The Morgan fingerprint density at radius 1 is 0.909 bits per heavy atom. The van der Waals surface area contributed by atoms with E-state index in [2.05, 4.69) is 29.8 Å². The second-order valence-corrected chi connectivity index (χ2v) is 9.70. The van der Waals surface area contributed by atoms with Crippen LogP contribution in [0.4, 0.5) is 0 Å². The minimum atomic E-state index is 0.643. The highest BCUT2D eigenvalue weighted by Gasteiger charge is 2.43. The van der Waals surface area contributed by atoms with Crippen molar-refractivity contribution in [3.63, 3.8) is 0 Å². The number of unbranched alkanes of at least 4 members (excludes halogenated alkanes) is 4. The minimum Gasteiger partial charge on any atom is -0.0888 e. The summed E-state index contributed by atoms with van der Waals surface area (Å²) in [7, 11) is 0. The molecule has 0 aliphatic heterocycles. The molecule has 2 aliphatic rings. The number of halogens is 1. The van der Waals surface area contributed by atoms with Gasteiger partial charge < -0.3 is 0 Å². The van der Waals surface area contributed by atoms with E-state index < -0.39 is 0 Å². The first-order valence-electron chi connectivity index (χ1n) is 10.3. The molecule has 0 heterocycles. The zero-order chi connectivity index (χ0) is 15.8. The van der Waals surface area contributed by atoms with Crippen LogP contribution in [-0.2, 0) is 0 Å². The smallest absolute Gasteiger partial charge is 0.0176 e. The van der Waals surface area contributed by atoms with Crippen LogP contribution >= 0.6 is 15.9 Å². The molecule has 2 aliphatic carbocycles. The fourth-order valence-corrected chi connectivity index (χ4v) is 6.24. The number of hydrogen-bond donors (Lipinski definition) is 0. The van der Waals surface area contributed by atoms with Crippen LogP contribution in [0.5, 0.6) is 0 Å². The van der Waals surface area contributed by atoms with E-state index in [1.807, 2.05) is 0 Å². The summed E-state index contributed by atoms with van der Waals surface area (Å²) in [6.07, 6.45) is 22.3. The Bertz CT molecular complexity index is 282. The fraction of sp³-hybridized carbons (Fsp3) is 1.00. The number of rotatable bonds is 8. The van der Waals surface area contributed by atoms with Crippen molar-refractivity contribution in [3.05, 3.63) is 0 Å². The van der Waals surface area contributed by atoms with Crippen LogP contribution in [-0.4, -0.2) is 4.83 Å². The average Bonchev–Trinajstić information content (AvgIpc) is 2.56. The summed E-state index contributed by atoms with van der Waals surface area (Å²) >= 11 is 4.01. The quantitative estimate of drug-likeness (QED) is 0.301. The Kier molecular flexibility index (Phi) is 8.29. The van der Waals surface area contributed by atoms with Crippen LogP contribution in [0, 0.1) is 17.3 Å². The van der Waals surface area contributed by atoms with E-state index in [9.17, 15) is 0 Å². The number of hydrogen-bond acceptors (Lipinski definition) is 0. The van der Waals surface area contributed by atoms with Gasteiger partial charge in [-0.25, -0.2) is 0 Å². The second kappa shape index (κ2) is 9.70. The van der Waals surface area contributed by atoms with Crippen molar-refractivity contribution in [2.24, 2.45) is 17.3 Å². The van der Waals surface area contributed by atoms with Crippen molar-refractivity contribution in [1.82, 2.24) is 0 Å². The van der Waals surface area contributed by atoms with Crippen LogP contribution in [0.3, 0.4) is 0 Å². The third-order valence-corrected chi connectivity index (χ3v) is 7.86. The largest absolute Gasteiger partial charge is 0.0888 e. The molecule has 2 rings (SSSR count). The lowest BCUT2D eigenvalue weighted by atomic mass is 9.59. The molecule has 0 saturated heterocycles. The van der Waals surface area contributed by atoms with Gasteiger partial charge in [0.1, 0.15) is 0 Å². The monoisotopic (exact) mass is 370 g/mol. The molecular weight excluding hydrogens is 332 g/mol. The predicted octanol–water partition coefficient (Wildman–Crippen LogP) is 7.89. The van der Waals surface area contributed by atoms with Crippen molar-refractivity contribution < 1.29 is 0 Å². The fourth-order valence-electron chi connectivity index (χ4n) is 5.40. The highest BCUT2D eigenvalue weighted by molar-refractivity contribution is 9.09. The van der Waals surface area contributed by atoms with Gasteiger partial charge >= 0.3 is 0 Å². The summed E-state index contributed by atoms with van der Waals surface area (Å²) in [5, 5.41) is 0. The van der Waals surface area contributed by atoms with Crippen LogP contribution in [0.2, 0.25) is 0 Å². The maximum atomic E-state index is 4.01. The topological polar surface area (TPSA) is 0 Å². The molecule has 0 radical (unpaired) electrons. The van der Waals surface area contributed by atoms with E-state index in [1.165, 1.54) is 96.3 Å². The van der Waals surface area contributed by atoms with Gasteiger partial charge in [0, 0.05) is 4.83 Å². The first kappa shape index (κ1) is 18.8. The van der Waals surface area contributed by atoms with E-state index in [0.717, 1.165) is 16.7 Å². The first-order valence-corrected chi connectivity index (χ1v) is 11.2. The molecular formula is C21H39Br. The summed E-state index contributed by atoms with van der Waals surface area (Å²) in [4.78, 5) is 0.718. The molecule has 2 fully saturated rings. The van der Waals surface area contributed by atoms with Gasteiger partial charge in [0.2, 0.25) is 0 Å². The highest BCUT2D eigenvalue weighted by atomic mass is 79.9. The van der Waals surface area contributed by atoms with Gasteiger partial charge in [0.05, 0.1) is 0 Å². The third-order valence-electron chi connectivity index (χ3n) is 6.95. The molecule has 0 aromatic rings. The second-order valence-electron chi connectivity index (χ2n) is 8.33. The van der Waals surface area contributed by atoms with Gasteiger partial charge in [-0.1, -0.05) is 100 Å². The molecule has 2 saturated carbocycles. The zero-order valence-corrected chi connectivity index (χ0v) is 16.8. The molecule has 0 nitrogen and oxygen atoms in total. The molecule has 1 heteroatoms. The lowest BCUT2D eigenvalue weighted by Crippen LogP contribution is -2.41. The van der Waals surface area contributed by atoms with E-state index >= 15 is 0 Å². The van der Waals surface area contributed by atoms with E-state index in [0.29, 0.717) is 5.41 Å². The molecule has 0 spiro atoms. The van der Waals surface area contributed by atoms with Crippen molar-refractivity contribution >= 4 is 15.9 Å². The first-order chi connectivity index (χ1) is 10.7. The summed E-state index contributed by atoms with van der Waals surface area (Å²) in [6, 6.07) is 0. The lowest BCUT2D eigenvalue weighted by molar-refractivity contribution is 0.0567. The Morgan fingerprint density at radius 3 is 2.14 bits per heavy atom. The normalized spacial score (nSPS) is 30.1. The molecule has 22 heavy (non-hydrogen) atoms. The van der Waals surface area contributed by atoms with Crippen molar-refractivity contribution in [1.29, 1.82) is 0 Å². The van der Waals surface area contributed by atoms with Gasteiger partial charge in [-0.05, 0) is 42.9 Å². The molecule has 130 valence electrons. The zero-order valence-electron chi connectivity index (χ0n) is 15.2. The van der Waals surface area contributed by atoms with Crippen LogP contribution < -0.4 is 0 Å². The van der Waals surface area contributed by atoms with Crippen molar-refractivity contribution in [2.75, 3.05) is 0 Å². The van der Waals surface area contributed by atoms with Crippen LogP contribution in [0.15, 0.2) is 0 Å². The lowest BCUT2D eigenvalue weighted by Gasteiger charge is -2.48. The molecule has 0 N–H and O–H groups in total. The Hall–Kier alpha value is 0.480. The summed E-state index contributed by atoms with van der Waals surface area (Å²) < 4.78 is 0. The van der Waals surface area contributed by atoms with E-state index in [4.69, 9.17) is 0 Å². The molecule has 0 amide bonds. The van der Waals surface area contributed by atoms with Crippen molar-refractivity contribution in [2.45, 2.75) is 115 Å². The SMILES string of the molecule is CCCCCCCC1CCC(C2(C(C)Br)CCCCC2)CC1. The molecule has 1 unspecified atom stereocenters. The average molecular weight is 371 g/mol. The standard InChI is InChI=1S/C21H39Br/c1-3-4-5-6-8-11-19-12-14-20(15-13-19)21(18(2)22)16-9-7-10-17-21/h18-20H,3-17H2,1-2H3. The summed E-state index contributed by atoms with van der Waals surface area (Å²) in [5.41, 5.74) is 0.643. The van der Waals surface area contributed by atoms with E-state index in [-0.39, 0.29) is 0 Å². The maximum Gasteiger partial charge on any atom is 0.0176 e. The van der Waals surface area contributed by atoms with E-state index in [1.54, 1.807) is 0 Å². The Balaban J connectivity index is 1.73. The summed E-state index contributed by atoms with van der Waals surface area (Å²) in [6.45, 7) is 4.75. The maximum absolute atomic E-state index is 4.01. The third kappa shape index (κ3) is 4.99. The molecule has 1 atom stereocenters. The highest BCUT2D eigenvalue weighted by Crippen LogP contribution is 2.53. The van der Waals surface area contributed by atoms with Gasteiger partial charge in [-0.3, -0.25) is 0 Å². The minimum absolute atomic E-state index is 0.643. The molecule has 0 bridgehead atoms. The van der Waals surface area contributed by atoms with Crippen molar-refractivity contribution in [3.8, 4) is 0 Å². The van der Waals surface area contributed by atoms with Crippen LogP contribution in [0.1, 0.15) is 110 Å². The number of alkyl halides is 1. The van der Waals surface area contributed by atoms with Gasteiger partial charge in [-0.2, -0.15) is 0 Å². The predicted molar refractivity (Wildman–Crippen MR) is 103 cm³/mol. The van der Waals surface area contributed by atoms with Gasteiger partial charge in [-0.15, -0.1) is 0 Å². The molecule has 0 aromatic carbocycles. The summed E-state index contributed by atoms with van der Waals surface area (Å²) in [5.74, 6) is 2.07. The van der Waals surface area contributed by atoms with Gasteiger partial charge in [0.15, 0.2) is 0 Å².